The van der Waals surface area contributed by atoms with E-state index in [-0.39, 0.29) is 18.7 Å². The molecule has 13 nitrogen and oxygen atoms in total. The van der Waals surface area contributed by atoms with Crippen molar-refractivity contribution in [1.82, 2.24) is 5.32 Å². The van der Waals surface area contributed by atoms with Gasteiger partial charge in [-0.25, -0.2) is 5.26 Å². The minimum absolute atomic E-state index is 0.0842. The highest BCUT2D eigenvalue weighted by Crippen LogP contribution is 2.28. The third kappa shape index (κ3) is 28.7. The van der Waals surface area contributed by atoms with Crippen LogP contribution in [0.25, 0.3) is 0 Å². The molecule has 1 fully saturated rings. The van der Waals surface area contributed by atoms with E-state index in [0.717, 1.165) is 25.7 Å². The van der Waals surface area contributed by atoms with E-state index in [4.69, 9.17) is 18.9 Å². The van der Waals surface area contributed by atoms with Gasteiger partial charge < -0.3 is 40.3 Å². The zero-order chi connectivity index (χ0) is 46.7. The summed E-state index contributed by atoms with van der Waals surface area (Å²) in [6, 6.07) is -1.28. The molecule has 0 radical (unpaired) electrons. The van der Waals surface area contributed by atoms with Gasteiger partial charge in [0.15, 0.2) is 18.6 Å². The summed E-state index contributed by atoms with van der Waals surface area (Å²) < 4.78 is 20.4. The first kappa shape index (κ1) is 56.1. The molecule has 1 rings (SSSR count). The van der Waals surface area contributed by atoms with Crippen LogP contribution in [-0.2, 0) is 27.8 Å². The molecule has 14 heteroatoms. The van der Waals surface area contributed by atoms with Crippen LogP contribution in [0.15, 0.2) is 0 Å². The molecule has 0 aromatic heterocycles. The number of carbonyl (C=O) groups excluding carboxylic acids is 1. The van der Waals surface area contributed by atoms with E-state index < -0.39 is 68.1 Å². The van der Waals surface area contributed by atoms with Crippen LogP contribution in [0.5, 0.6) is 0 Å². The van der Waals surface area contributed by atoms with Gasteiger partial charge in [-0.3, -0.25) is 8.98 Å². The molecule has 5 unspecified atom stereocenters. The van der Waals surface area contributed by atoms with Gasteiger partial charge in [0.05, 0.1) is 25.4 Å². The fraction of sp³-hybridized carbons (Fsp3) is 0.500. The van der Waals surface area contributed by atoms with Crippen molar-refractivity contribution in [2.24, 2.45) is 0 Å². The number of amides is 1. The Hall–Kier alpha value is -5.90. The Morgan fingerprint density at radius 1 is 0.656 bits per heavy atom. The average molecular weight is 890 g/mol. The van der Waals surface area contributed by atoms with Gasteiger partial charge in [-0.2, -0.15) is 0 Å². The van der Waals surface area contributed by atoms with Gasteiger partial charge in [-0.05, 0) is 108 Å². The van der Waals surface area contributed by atoms with Crippen LogP contribution in [0, 0.1) is 142 Å². The maximum atomic E-state index is 12.8. The smallest absolute Gasteiger partial charge is 0.297 e. The summed E-state index contributed by atoms with van der Waals surface area (Å²) >= 11 is 0.0842. The van der Waals surface area contributed by atoms with Crippen molar-refractivity contribution in [2.45, 2.75) is 146 Å². The molecule has 0 aliphatic carbocycles. The number of aliphatic hydroxyl groups excluding tert-OH is 5. The number of aliphatic hydroxyl groups is 5. The predicted molar refractivity (Wildman–Crippen MR) is 240 cm³/mol. The molecular formula is C50H51NO12S. The van der Waals surface area contributed by atoms with Crippen molar-refractivity contribution >= 4 is 18.2 Å². The fourth-order valence-corrected chi connectivity index (χ4v) is 5.79. The van der Waals surface area contributed by atoms with Gasteiger partial charge in [-0.15, -0.1) is 4.33 Å². The van der Waals surface area contributed by atoms with Crippen molar-refractivity contribution in [3.63, 3.8) is 0 Å². The highest BCUT2D eigenvalue weighted by Gasteiger charge is 2.47. The number of carbonyl (C=O) groups is 1. The third-order valence-electron chi connectivity index (χ3n) is 8.56. The second-order valence-corrected chi connectivity index (χ2v) is 13.7. The van der Waals surface area contributed by atoms with E-state index in [1.165, 1.54) is 44.9 Å². The number of unbranched alkanes of at least 4 members (excludes halogenated alkanes) is 11. The Balaban J connectivity index is 2.85. The average Bonchev–Trinajstić information content (AvgIpc) is 3.29. The Kier molecular flexibility index (Phi) is 35.0. The highest BCUT2D eigenvalue weighted by molar-refractivity contribution is 7.89. The predicted octanol–water partition coefficient (Wildman–Crippen LogP) is 2.17. The molecule has 1 heterocycles. The minimum atomic E-state index is -1.70. The summed E-state index contributed by atoms with van der Waals surface area (Å²) in [4.78, 5) is 12.8. The lowest BCUT2D eigenvalue weighted by atomic mass is 9.98. The summed E-state index contributed by atoms with van der Waals surface area (Å²) in [6.07, 6.45) is 3.34. The van der Waals surface area contributed by atoms with Crippen LogP contribution < -0.4 is 5.32 Å². The van der Waals surface area contributed by atoms with Crippen LogP contribution in [0.2, 0.25) is 0 Å². The van der Waals surface area contributed by atoms with Gasteiger partial charge in [0.1, 0.15) is 30.5 Å². The van der Waals surface area contributed by atoms with E-state index in [1.54, 1.807) is 6.92 Å². The first-order chi connectivity index (χ1) is 31.3. The zero-order valence-corrected chi connectivity index (χ0v) is 36.6. The molecule has 334 valence electrons. The van der Waals surface area contributed by atoms with Gasteiger partial charge in [0, 0.05) is 41.4 Å². The van der Waals surface area contributed by atoms with Gasteiger partial charge in [-0.1, -0.05) is 94.9 Å². The second kappa shape index (κ2) is 39.9. The third-order valence-corrected chi connectivity index (χ3v) is 8.98. The number of hydrogen-bond donors (Lipinski definition) is 7. The first-order valence-corrected chi connectivity index (χ1v) is 21.1. The molecule has 8 atom stereocenters. The quantitative estimate of drug-likeness (QED) is 0.0245. The van der Waals surface area contributed by atoms with Crippen molar-refractivity contribution in [2.75, 3.05) is 13.2 Å². The lowest BCUT2D eigenvalue weighted by Gasteiger charge is -2.41. The van der Waals surface area contributed by atoms with Crippen molar-refractivity contribution in [1.29, 1.82) is 0 Å². The second-order valence-electron chi connectivity index (χ2n) is 13.3. The van der Waals surface area contributed by atoms with Crippen LogP contribution in [0.4, 0.5) is 0 Å². The number of hydrogen-bond acceptors (Lipinski definition) is 13. The molecule has 1 aliphatic heterocycles. The minimum Gasteiger partial charge on any atom is -0.394 e. The van der Waals surface area contributed by atoms with Gasteiger partial charge >= 0.3 is 0 Å². The molecule has 1 aliphatic rings. The Bertz CT molecular complexity index is 2230. The molecule has 0 aromatic carbocycles. The van der Waals surface area contributed by atoms with E-state index in [0.29, 0.717) is 6.42 Å². The fourth-order valence-electron chi connectivity index (χ4n) is 5.42. The standard InChI is InChI=1S/C50H51NO12S/c1-3-5-7-9-11-13-15-17-18-19-20-21-22-23-24-25-26-27-29-31-33-35-37-39-45(54)51-42(41-59-50-48(57)49(61-64-63-62-58)47(56)44(40-52)60-50)46(55)43(53)38-36-34-32-30-28-16-14-12-10-8-6-4-2/h42-44,46-50,52-53,55-58H,4,6,8,10,12,14,16,28,30,32,34,36,38,40-41H2,1-2H3,(H,51,54)/t42-,43+,44?,46-,47?,48?,49?,50?/m0/s1. The molecule has 0 bridgehead atoms. The maximum Gasteiger partial charge on any atom is 0.297 e. The molecule has 0 spiro atoms. The summed E-state index contributed by atoms with van der Waals surface area (Å²) in [5.74, 6) is 58.3. The van der Waals surface area contributed by atoms with Crippen LogP contribution in [-0.4, -0.2) is 98.9 Å². The Morgan fingerprint density at radius 3 is 1.53 bits per heavy atom. The molecule has 7 N–H and O–H groups in total. The topological polar surface area (TPSA) is 197 Å². The maximum absolute atomic E-state index is 12.8. The largest absolute Gasteiger partial charge is 0.394 e. The first-order valence-electron chi connectivity index (χ1n) is 20.4. The normalized spacial score (nSPS) is 17.4. The van der Waals surface area contributed by atoms with Crippen molar-refractivity contribution in [3.8, 4) is 142 Å². The summed E-state index contributed by atoms with van der Waals surface area (Å²) in [5.41, 5.74) is 0. The van der Waals surface area contributed by atoms with Crippen LogP contribution in [0.1, 0.15) is 97.3 Å². The highest BCUT2D eigenvalue weighted by atomic mass is 32.2. The molecule has 1 amide bonds. The monoisotopic (exact) mass is 889 g/mol. The van der Waals surface area contributed by atoms with Gasteiger partial charge in [0.25, 0.3) is 5.91 Å². The van der Waals surface area contributed by atoms with E-state index >= 15 is 0 Å². The summed E-state index contributed by atoms with van der Waals surface area (Å²) in [6.45, 7) is 2.65. The molecule has 0 aromatic rings. The Morgan fingerprint density at radius 2 is 1.09 bits per heavy atom. The van der Waals surface area contributed by atoms with Crippen LogP contribution >= 0.6 is 12.3 Å². The number of rotatable bonds is 24. The Labute approximate surface area is 382 Å². The summed E-state index contributed by atoms with van der Waals surface area (Å²) in [5, 5.41) is 67.3. The van der Waals surface area contributed by atoms with E-state index in [9.17, 15) is 30.3 Å². The summed E-state index contributed by atoms with van der Waals surface area (Å²) in [7, 11) is 0. The SMILES string of the molecule is CC#CC#CC#CC#CC#CC#CC#CC#CC#CC#CC#CC#CC(=O)N[C@@H](COC1OC(CO)C(O)C(OSOOO)C1O)[C@H](O)[C@H](O)CCCCCCCCCCCCCC. The van der Waals surface area contributed by atoms with Crippen molar-refractivity contribution < 1.29 is 58.6 Å². The molecular weight excluding hydrogens is 839 g/mol. The lowest BCUT2D eigenvalue weighted by Crippen LogP contribution is -2.60. The molecule has 0 saturated carbocycles. The van der Waals surface area contributed by atoms with Crippen molar-refractivity contribution in [3.05, 3.63) is 0 Å². The lowest BCUT2D eigenvalue weighted by molar-refractivity contribution is -0.435. The van der Waals surface area contributed by atoms with E-state index in [2.05, 4.69) is 164 Å². The van der Waals surface area contributed by atoms with Crippen LogP contribution in [0.3, 0.4) is 0 Å². The van der Waals surface area contributed by atoms with E-state index in [1.807, 2.05) is 0 Å². The van der Waals surface area contributed by atoms with Gasteiger partial charge in [0.2, 0.25) is 0 Å². The molecule has 64 heavy (non-hydrogen) atoms. The number of nitrogens with one attached hydrogen (secondary N) is 1. The number of ether oxygens (including phenoxy) is 2. The molecule has 1 saturated heterocycles. The zero-order valence-electron chi connectivity index (χ0n) is 35.8.